The number of ether oxygens (including phenoxy) is 1. The summed E-state index contributed by atoms with van der Waals surface area (Å²) in [5.74, 6) is 0.214. The first-order chi connectivity index (χ1) is 8.70. The number of nitro groups is 1. The van der Waals surface area contributed by atoms with Crippen LogP contribution in [0.25, 0.3) is 0 Å². The van der Waals surface area contributed by atoms with Gasteiger partial charge in [0, 0.05) is 31.5 Å². The fraction of sp³-hybridized carbons (Fsp3) is 0.455. The molecule has 0 amide bonds. The number of anilines is 1. The Kier molecular flexibility index (Phi) is 3.69. The van der Waals surface area contributed by atoms with E-state index in [1.807, 2.05) is 6.07 Å². The van der Waals surface area contributed by atoms with Crippen molar-refractivity contribution in [3.05, 3.63) is 27.9 Å². The van der Waals surface area contributed by atoms with E-state index >= 15 is 0 Å². The van der Waals surface area contributed by atoms with E-state index in [9.17, 15) is 10.1 Å². The quantitative estimate of drug-likeness (QED) is 0.641. The summed E-state index contributed by atoms with van der Waals surface area (Å²) in [5.41, 5.74) is 0.0137. The maximum absolute atomic E-state index is 10.9. The number of hydrogen-bond acceptors (Lipinski definition) is 6. The van der Waals surface area contributed by atoms with Gasteiger partial charge in [-0.3, -0.25) is 10.1 Å². The molecule has 2 heterocycles. The lowest BCUT2D eigenvalue weighted by Gasteiger charge is -2.23. The molecule has 1 saturated heterocycles. The van der Waals surface area contributed by atoms with E-state index in [0.717, 1.165) is 12.8 Å². The van der Waals surface area contributed by atoms with Gasteiger partial charge in [-0.2, -0.15) is 5.26 Å². The summed E-state index contributed by atoms with van der Waals surface area (Å²) < 4.78 is 5.21. The van der Waals surface area contributed by atoms with Crippen LogP contribution in [0.15, 0.2) is 12.3 Å². The van der Waals surface area contributed by atoms with E-state index < -0.39 is 4.92 Å². The van der Waals surface area contributed by atoms with Crippen LogP contribution in [0.2, 0.25) is 0 Å². The molecule has 0 unspecified atom stereocenters. The van der Waals surface area contributed by atoms with Gasteiger partial charge in [-0.1, -0.05) is 0 Å². The van der Waals surface area contributed by atoms with E-state index in [1.165, 1.54) is 12.3 Å². The smallest absolute Gasteiger partial charge is 0.312 e. The van der Waals surface area contributed by atoms with Crippen LogP contribution < -0.4 is 5.32 Å². The Bertz CT molecular complexity index is 492. The lowest BCUT2D eigenvalue weighted by Crippen LogP contribution is -2.28. The molecule has 1 aliphatic heterocycles. The van der Waals surface area contributed by atoms with Crippen molar-refractivity contribution in [2.45, 2.75) is 18.9 Å². The molecule has 0 aliphatic carbocycles. The summed E-state index contributed by atoms with van der Waals surface area (Å²) >= 11 is 0. The summed E-state index contributed by atoms with van der Waals surface area (Å²) in [7, 11) is 0. The summed E-state index contributed by atoms with van der Waals surface area (Å²) in [5, 5.41) is 22.7. The monoisotopic (exact) mass is 248 g/mol. The largest absolute Gasteiger partial charge is 0.381 e. The van der Waals surface area contributed by atoms with Crippen molar-refractivity contribution in [2.24, 2.45) is 0 Å². The minimum atomic E-state index is -0.532. The third-order valence-corrected chi connectivity index (χ3v) is 2.76. The highest BCUT2D eigenvalue weighted by Gasteiger charge is 2.21. The molecule has 7 nitrogen and oxygen atoms in total. The van der Waals surface area contributed by atoms with Crippen LogP contribution >= 0.6 is 0 Å². The minimum absolute atomic E-state index is 0.123. The first kappa shape index (κ1) is 12.3. The van der Waals surface area contributed by atoms with Gasteiger partial charge in [-0.25, -0.2) is 4.98 Å². The average molecular weight is 248 g/mol. The number of pyridine rings is 1. The van der Waals surface area contributed by atoms with Gasteiger partial charge in [0.2, 0.25) is 5.82 Å². The molecule has 0 saturated carbocycles. The van der Waals surface area contributed by atoms with Gasteiger partial charge in [0.1, 0.15) is 6.07 Å². The van der Waals surface area contributed by atoms with Crippen LogP contribution in [-0.4, -0.2) is 29.2 Å². The van der Waals surface area contributed by atoms with Crippen LogP contribution in [0.3, 0.4) is 0 Å². The third-order valence-electron chi connectivity index (χ3n) is 2.76. The number of nitrogens with one attached hydrogen (secondary N) is 1. The molecule has 0 spiro atoms. The van der Waals surface area contributed by atoms with Gasteiger partial charge < -0.3 is 10.1 Å². The number of hydrogen-bond donors (Lipinski definition) is 1. The van der Waals surface area contributed by atoms with Gasteiger partial charge >= 0.3 is 5.69 Å². The second kappa shape index (κ2) is 5.42. The van der Waals surface area contributed by atoms with Crippen molar-refractivity contribution in [1.82, 2.24) is 4.98 Å². The minimum Gasteiger partial charge on any atom is -0.381 e. The summed E-state index contributed by atoms with van der Waals surface area (Å²) in [4.78, 5) is 14.3. The maximum Gasteiger partial charge on any atom is 0.312 e. The highest BCUT2D eigenvalue weighted by molar-refractivity contribution is 5.58. The van der Waals surface area contributed by atoms with Crippen LogP contribution in [-0.2, 0) is 4.74 Å². The molecule has 0 atom stereocenters. The number of nitrogens with zero attached hydrogens (tertiary/aromatic N) is 3. The van der Waals surface area contributed by atoms with Gasteiger partial charge in [0.25, 0.3) is 0 Å². The molecule has 0 radical (unpaired) electrons. The van der Waals surface area contributed by atoms with Crippen LogP contribution in [0.4, 0.5) is 11.5 Å². The van der Waals surface area contributed by atoms with Crippen LogP contribution in [0.1, 0.15) is 18.4 Å². The molecule has 0 aromatic carbocycles. The zero-order valence-electron chi connectivity index (χ0n) is 9.63. The Morgan fingerprint density at radius 2 is 2.28 bits per heavy atom. The van der Waals surface area contributed by atoms with E-state index in [4.69, 9.17) is 10.00 Å². The number of nitriles is 1. The Hall–Kier alpha value is -2.20. The Balaban J connectivity index is 2.21. The molecule has 0 bridgehead atoms. The summed E-state index contributed by atoms with van der Waals surface area (Å²) in [6.07, 6.45) is 2.91. The lowest BCUT2D eigenvalue weighted by molar-refractivity contribution is -0.384. The number of rotatable bonds is 3. The molecule has 1 fully saturated rings. The van der Waals surface area contributed by atoms with Gasteiger partial charge in [-0.05, 0) is 12.8 Å². The van der Waals surface area contributed by atoms with E-state index in [2.05, 4.69) is 10.3 Å². The van der Waals surface area contributed by atoms with Gasteiger partial charge in [0.05, 0.1) is 10.5 Å². The first-order valence-electron chi connectivity index (χ1n) is 5.59. The van der Waals surface area contributed by atoms with Crippen LogP contribution in [0, 0.1) is 21.4 Å². The Morgan fingerprint density at radius 1 is 1.56 bits per heavy atom. The topological polar surface area (TPSA) is 101 Å². The standard InChI is InChI=1S/C11H12N4O3/c12-6-8-5-10(15(16)17)11(13-7-8)14-9-1-3-18-4-2-9/h5,7,9H,1-4H2,(H,13,14). The SMILES string of the molecule is N#Cc1cnc(NC2CCOCC2)c([N+](=O)[O-])c1. The second-order valence-electron chi connectivity index (χ2n) is 3.99. The van der Waals surface area contributed by atoms with Gasteiger partial charge in [0.15, 0.2) is 0 Å². The zero-order valence-corrected chi connectivity index (χ0v) is 9.63. The molecular formula is C11H12N4O3. The zero-order chi connectivity index (χ0) is 13.0. The summed E-state index contributed by atoms with van der Waals surface area (Å²) in [6, 6.07) is 3.19. The molecule has 2 rings (SSSR count). The van der Waals surface area contributed by atoms with Crippen molar-refractivity contribution >= 4 is 11.5 Å². The molecule has 1 aliphatic rings. The molecule has 7 heteroatoms. The van der Waals surface area contributed by atoms with Crippen molar-refractivity contribution in [3.8, 4) is 6.07 Å². The highest BCUT2D eigenvalue weighted by Crippen LogP contribution is 2.24. The van der Waals surface area contributed by atoms with Crippen molar-refractivity contribution in [3.63, 3.8) is 0 Å². The molecular weight excluding hydrogens is 236 g/mol. The predicted molar refractivity (Wildman–Crippen MR) is 63.1 cm³/mol. The van der Waals surface area contributed by atoms with E-state index in [1.54, 1.807) is 0 Å². The van der Waals surface area contributed by atoms with Gasteiger partial charge in [-0.15, -0.1) is 0 Å². The van der Waals surface area contributed by atoms with Crippen LogP contribution in [0.5, 0.6) is 0 Å². The fourth-order valence-electron chi connectivity index (χ4n) is 1.80. The van der Waals surface area contributed by atoms with E-state index in [-0.39, 0.29) is 23.1 Å². The maximum atomic E-state index is 10.9. The van der Waals surface area contributed by atoms with Crippen molar-refractivity contribution in [1.29, 1.82) is 5.26 Å². The third kappa shape index (κ3) is 2.73. The Labute approximate surface area is 104 Å². The lowest BCUT2D eigenvalue weighted by atomic mass is 10.1. The molecule has 94 valence electrons. The normalized spacial score (nSPS) is 15.9. The fourth-order valence-corrected chi connectivity index (χ4v) is 1.80. The molecule has 1 N–H and O–H groups in total. The average Bonchev–Trinajstić information content (AvgIpc) is 2.40. The highest BCUT2D eigenvalue weighted by atomic mass is 16.6. The predicted octanol–water partition coefficient (Wildman–Crippen LogP) is 1.45. The Morgan fingerprint density at radius 3 is 2.89 bits per heavy atom. The summed E-state index contributed by atoms with van der Waals surface area (Å²) in [6.45, 7) is 1.28. The van der Waals surface area contributed by atoms with E-state index in [0.29, 0.717) is 13.2 Å². The van der Waals surface area contributed by atoms with Crippen molar-refractivity contribution in [2.75, 3.05) is 18.5 Å². The molecule has 1 aromatic heterocycles. The number of aromatic nitrogens is 1. The van der Waals surface area contributed by atoms with Crippen molar-refractivity contribution < 1.29 is 9.66 Å². The first-order valence-corrected chi connectivity index (χ1v) is 5.59. The molecule has 18 heavy (non-hydrogen) atoms. The molecule has 1 aromatic rings. The second-order valence-corrected chi connectivity index (χ2v) is 3.99.